The van der Waals surface area contributed by atoms with Crippen molar-refractivity contribution in [1.82, 2.24) is 29.9 Å². The van der Waals surface area contributed by atoms with Crippen molar-refractivity contribution in [3.8, 4) is 0 Å². The van der Waals surface area contributed by atoms with E-state index in [1.54, 1.807) is 15.6 Å². The highest BCUT2D eigenvalue weighted by Gasteiger charge is 2.20. The standard InChI is InChI=1S/C15H24N6O/c1-11(2)9-13(15-16-10-18-21(15)4)19-14(22)6-5-12-7-8-17-20(12)3/h7-8,10-11,13H,5-6,9H2,1-4H3,(H,19,22)/t13-/m0/s1. The third-order valence-corrected chi connectivity index (χ3v) is 3.63. The summed E-state index contributed by atoms with van der Waals surface area (Å²) in [6.07, 6.45) is 5.21. The number of amides is 1. The molecule has 0 unspecified atom stereocenters. The van der Waals surface area contributed by atoms with E-state index in [0.29, 0.717) is 18.8 Å². The number of carbonyl (C=O) groups excluding carboxylic acids is 1. The van der Waals surface area contributed by atoms with E-state index in [-0.39, 0.29) is 11.9 Å². The second kappa shape index (κ2) is 7.20. The van der Waals surface area contributed by atoms with Gasteiger partial charge in [0.15, 0.2) is 0 Å². The van der Waals surface area contributed by atoms with Gasteiger partial charge in [0.25, 0.3) is 0 Å². The molecule has 0 saturated carbocycles. The van der Waals surface area contributed by atoms with E-state index in [0.717, 1.165) is 17.9 Å². The zero-order chi connectivity index (χ0) is 16.1. The number of carbonyl (C=O) groups is 1. The normalized spacial score (nSPS) is 12.6. The summed E-state index contributed by atoms with van der Waals surface area (Å²) in [4.78, 5) is 16.5. The summed E-state index contributed by atoms with van der Waals surface area (Å²) in [5.74, 6) is 1.27. The van der Waals surface area contributed by atoms with Crippen molar-refractivity contribution in [3.63, 3.8) is 0 Å². The summed E-state index contributed by atoms with van der Waals surface area (Å²) in [5.41, 5.74) is 1.05. The van der Waals surface area contributed by atoms with Crippen LogP contribution >= 0.6 is 0 Å². The Morgan fingerprint density at radius 2 is 2.05 bits per heavy atom. The van der Waals surface area contributed by atoms with E-state index in [9.17, 15) is 4.79 Å². The average Bonchev–Trinajstić information content (AvgIpc) is 3.04. The van der Waals surface area contributed by atoms with Crippen LogP contribution in [0.1, 0.15) is 44.2 Å². The SMILES string of the molecule is CC(C)C[C@H](NC(=O)CCc1ccnn1C)c1ncnn1C. The van der Waals surface area contributed by atoms with Gasteiger partial charge >= 0.3 is 0 Å². The zero-order valence-corrected chi connectivity index (χ0v) is 13.7. The molecular formula is C15H24N6O. The van der Waals surface area contributed by atoms with Gasteiger partial charge in [0.2, 0.25) is 5.91 Å². The van der Waals surface area contributed by atoms with Crippen molar-refractivity contribution < 1.29 is 4.79 Å². The van der Waals surface area contributed by atoms with Crippen LogP contribution in [0.4, 0.5) is 0 Å². The minimum Gasteiger partial charge on any atom is -0.346 e. The highest BCUT2D eigenvalue weighted by atomic mass is 16.1. The molecule has 0 aromatic carbocycles. The summed E-state index contributed by atoms with van der Waals surface area (Å²) < 4.78 is 3.51. The first kappa shape index (κ1) is 16.2. The predicted molar refractivity (Wildman–Crippen MR) is 82.9 cm³/mol. The van der Waals surface area contributed by atoms with E-state index in [4.69, 9.17) is 0 Å². The molecule has 0 aliphatic carbocycles. The molecule has 1 N–H and O–H groups in total. The molecule has 0 aliphatic rings. The molecule has 0 fully saturated rings. The highest BCUT2D eigenvalue weighted by molar-refractivity contribution is 5.76. The smallest absolute Gasteiger partial charge is 0.220 e. The highest BCUT2D eigenvalue weighted by Crippen LogP contribution is 2.19. The fraction of sp³-hybridized carbons (Fsp3) is 0.600. The van der Waals surface area contributed by atoms with Crippen LogP contribution in [0.5, 0.6) is 0 Å². The van der Waals surface area contributed by atoms with Crippen molar-refractivity contribution in [1.29, 1.82) is 0 Å². The van der Waals surface area contributed by atoms with Gasteiger partial charge in [0.05, 0.1) is 6.04 Å². The maximum Gasteiger partial charge on any atom is 0.220 e. The van der Waals surface area contributed by atoms with Crippen LogP contribution in [0.3, 0.4) is 0 Å². The Balaban J connectivity index is 1.96. The molecule has 22 heavy (non-hydrogen) atoms. The molecular weight excluding hydrogens is 280 g/mol. The predicted octanol–water partition coefficient (Wildman–Crippen LogP) is 1.38. The second-order valence-electron chi connectivity index (χ2n) is 5.94. The van der Waals surface area contributed by atoms with Gasteiger partial charge in [-0.25, -0.2) is 4.98 Å². The van der Waals surface area contributed by atoms with E-state index in [1.807, 2.05) is 20.2 Å². The number of rotatable bonds is 7. The van der Waals surface area contributed by atoms with Crippen molar-refractivity contribution in [2.75, 3.05) is 0 Å². The minimum absolute atomic E-state index is 0.0230. The van der Waals surface area contributed by atoms with Crippen molar-refractivity contribution in [3.05, 3.63) is 30.1 Å². The fourth-order valence-electron chi connectivity index (χ4n) is 2.48. The molecule has 2 aromatic heterocycles. The molecule has 2 aromatic rings. The van der Waals surface area contributed by atoms with Crippen molar-refractivity contribution in [2.45, 2.75) is 39.2 Å². The first-order chi connectivity index (χ1) is 10.5. The molecule has 0 saturated heterocycles. The second-order valence-corrected chi connectivity index (χ2v) is 5.94. The topological polar surface area (TPSA) is 77.6 Å². The molecule has 0 aliphatic heterocycles. The zero-order valence-electron chi connectivity index (χ0n) is 13.7. The maximum absolute atomic E-state index is 12.2. The summed E-state index contributed by atoms with van der Waals surface area (Å²) in [6, 6.07) is 1.83. The van der Waals surface area contributed by atoms with Gasteiger partial charge in [-0.15, -0.1) is 0 Å². The van der Waals surface area contributed by atoms with Crippen LogP contribution in [-0.2, 0) is 25.3 Å². The molecule has 7 nitrogen and oxygen atoms in total. The van der Waals surface area contributed by atoms with E-state index < -0.39 is 0 Å². The number of nitrogens with one attached hydrogen (secondary N) is 1. The van der Waals surface area contributed by atoms with Crippen molar-refractivity contribution >= 4 is 5.91 Å². The lowest BCUT2D eigenvalue weighted by atomic mass is 10.0. The summed E-state index contributed by atoms with van der Waals surface area (Å²) >= 11 is 0. The van der Waals surface area contributed by atoms with Gasteiger partial charge in [-0.05, 0) is 24.8 Å². The lowest BCUT2D eigenvalue weighted by Gasteiger charge is -2.19. The number of aromatic nitrogens is 5. The fourth-order valence-corrected chi connectivity index (χ4v) is 2.48. The Bertz CT molecular complexity index is 615. The van der Waals surface area contributed by atoms with E-state index >= 15 is 0 Å². The Morgan fingerprint density at radius 3 is 2.59 bits per heavy atom. The van der Waals surface area contributed by atoms with Gasteiger partial charge in [-0.2, -0.15) is 10.2 Å². The first-order valence-electron chi connectivity index (χ1n) is 7.57. The molecule has 0 bridgehead atoms. The van der Waals surface area contributed by atoms with Crippen LogP contribution in [0, 0.1) is 5.92 Å². The minimum atomic E-state index is -0.105. The van der Waals surface area contributed by atoms with Crippen LogP contribution < -0.4 is 5.32 Å². The molecule has 1 atom stereocenters. The first-order valence-corrected chi connectivity index (χ1v) is 7.57. The Morgan fingerprint density at radius 1 is 1.27 bits per heavy atom. The summed E-state index contributed by atoms with van der Waals surface area (Å²) in [6.45, 7) is 4.26. The molecule has 0 radical (unpaired) electrons. The molecule has 1 amide bonds. The van der Waals surface area contributed by atoms with Crippen LogP contribution in [0.25, 0.3) is 0 Å². The number of nitrogens with zero attached hydrogens (tertiary/aromatic N) is 5. The van der Waals surface area contributed by atoms with Crippen LogP contribution in [-0.4, -0.2) is 30.5 Å². The monoisotopic (exact) mass is 304 g/mol. The molecule has 7 heteroatoms. The van der Waals surface area contributed by atoms with Gasteiger partial charge in [-0.3, -0.25) is 14.2 Å². The van der Waals surface area contributed by atoms with E-state index in [2.05, 4.69) is 34.3 Å². The quantitative estimate of drug-likeness (QED) is 0.838. The molecule has 120 valence electrons. The summed E-state index contributed by atoms with van der Waals surface area (Å²) in [5, 5.41) is 11.3. The third-order valence-electron chi connectivity index (χ3n) is 3.63. The maximum atomic E-state index is 12.2. The Labute approximate surface area is 130 Å². The van der Waals surface area contributed by atoms with Crippen LogP contribution in [0.2, 0.25) is 0 Å². The largest absolute Gasteiger partial charge is 0.346 e. The lowest BCUT2D eigenvalue weighted by Crippen LogP contribution is -2.31. The van der Waals surface area contributed by atoms with Crippen molar-refractivity contribution in [2.24, 2.45) is 20.0 Å². The lowest BCUT2D eigenvalue weighted by molar-refractivity contribution is -0.122. The molecule has 2 heterocycles. The number of aryl methyl sites for hydroxylation is 3. The van der Waals surface area contributed by atoms with Gasteiger partial charge in [0, 0.05) is 32.4 Å². The molecule has 2 rings (SSSR count). The number of hydrogen-bond acceptors (Lipinski definition) is 4. The molecule has 0 spiro atoms. The van der Waals surface area contributed by atoms with Gasteiger partial charge in [-0.1, -0.05) is 13.8 Å². The summed E-state index contributed by atoms with van der Waals surface area (Å²) in [7, 11) is 3.73. The Kier molecular flexibility index (Phi) is 5.30. The van der Waals surface area contributed by atoms with Gasteiger partial charge < -0.3 is 5.32 Å². The average molecular weight is 304 g/mol. The third kappa shape index (κ3) is 4.16. The van der Waals surface area contributed by atoms with E-state index in [1.165, 1.54) is 6.33 Å². The van der Waals surface area contributed by atoms with Gasteiger partial charge in [0.1, 0.15) is 12.2 Å². The Hall–Kier alpha value is -2.18. The van der Waals surface area contributed by atoms with Crippen LogP contribution in [0.15, 0.2) is 18.6 Å². The number of hydrogen-bond donors (Lipinski definition) is 1.